The summed E-state index contributed by atoms with van der Waals surface area (Å²) < 4.78 is 8.56. The van der Waals surface area contributed by atoms with E-state index in [0.29, 0.717) is 37.5 Å². The Labute approximate surface area is 228 Å². The van der Waals surface area contributed by atoms with E-state index in [2.05, 4.69) is 41.9 Å². The van der Waals surface area contributed by atoms with Crippen molar-refractivity contribution >= 4 is 66.5 Å². The molecule has 4 rings (SSSR count). The van der Waals surface area contributed by atoms with Gasteiger partial charge in [0, 0.05) is 10.4 Å². The van der Waals surface area contributed by atoms with Crippen LogP contribution in [0.5, 0.6) is 5.75 Å². The fraction of sp³-hybridized carbons (Fsp3) is 0.154. The van der Waals surface area contributed by atoms with Gasteiger partial charge < -0.3 is 9.84 Å². The van der Waals surface area contributed by atoms with E-state index in [9.17, 15) is 9.59 Å². The molecule has 0 amide bonds. The molecule has 0 aliphatic rings. The molecule has 4 aromatic rings. The van der Waals surface area contributed by atoms with Gasteiger partial charge in [-0.2, -0.15) is 9.78 Å². The van der Waals surface area contributed by atoms with Gasteiger partial charge in [0.15, 0.2) is 5.75 Å². The molecule has 7 nitrogen and oxygen atoms in total. The van der Waals surface area contributed by atoms with Gasteiger partial charge in [0.25, 0.3) is 5.56 Å². The Morgan fingerprint density at radius 1 is 1.17 bits per heavy atom. The van der Waals surface area contributed by atoms with Crippen LogP contribution in [0.4, 0.5) is 0 Å². The molecule has 1 N–H and O–H groups in total. The van der Waals surface area contributed by atoms with Crippen molar-refractivity contribution in [3.63, 3.8) is 0 Å². The Kier molecular flexibility index (Phi) is 7.92. The van der Waals surface area contributed by atoms with E-state index in [1.54, 1.807) is 42.6 Å². The number of carboxylic acids is 1. The zero-order valence-corrected chi connectivity index (χ0v) is 23.1. The predicted molar refractivity (Wildman–Crippen MR) is 148 cm³/mol. The van der Waals surface area contributed by atoms with Crippen molar-refractivity contribution < 1.29 is 14.6 Å². The van der Waals surface area contributed by atoms with E-state index >= 15 is 0 Å². The molecular formula is C26H20Br2ClN3O4. The molecule has 184 valence electrons. The largest absolute Gasteiger partial charge is 0.486 e. The summed E-state index contributed by atoms with van der Waals surface area (Å²) in [6, 6.07) is 15.3. The van der Waals surface area contributed by atoms with Crippen molar-refractivity contribution in [1.29, 1.82) is 0 Å². The van der Waals surface area contributed by atoms with E-state index in [-0.39, 0.29) is 23.6 Å². The number of carbonyl (C=O) groups is 1. The van der Waals surface area contributed by atoms with E-state index in [1.807, 2.05) is 19.9 Å². The minimum atomic E-state index is -0.986. The molecule has 3 aromatic carbocycles. The second-order valence-electron chi connectivity index (χ2n) is 8.25. The maximum absolute atomic E-state index is 13.2. The first kappa shape index (κ1) is 26.1. The maximum Gasteiger partial charge on any atom is 0.335 e. The lowest BCUT2D eigenvalue weighted by molar-refractivity contribution is 0.0697. The molecule has 0 radical (unpaired) electrons. The first-order chi connectivity index (χ1) is 17.1. The Balaban J connectivity index is 1.61. The van der Waals surface area contributed by atoms with Gasteiger partial charge >= 0.3 is 5.97 Å². The summed E-state index contributed by atoms with van der Waals surface area (Å²) in [7, 11) is 0. The monoisotopic (exact) mass is 631 g/mol. The Morgan fingerprint density at radius 3 is 2.53 bits per heavy atom. The van der Waals surface area contributed by atoms with Crippen LogP contribution in [0, 0.1) is 0 Å². The van der Waals surface area contributed by atoms with Gasteiger partial charge in [-0.15, -0.1) is 0 Å². The van der Waals surface area contributed by atoms with Crippen LogP contribution in [0.25, 0.3) is 10.9 Å². The SMILES string of the molecule is CC(C)c1nc2ccc(Br)cc2c(=O)n1N=Cc1cc(Cl)c(OCc2ccc(C(=O)O)cc2)c(Br)c1. The number of nitrogens with zero attached hydrogens (tertiary/aromatic N) is 3. The lowest BCUT2D eigenvalue weighted by Crippen LogP contribution is -2.23. The summed E-state index contributed by atoms with van der Waals surface area (Å²) in [6.45, 7) is 4.11. The van der Waals surface area contributed by atoms with E-state index in [4.69, 9.17) is 21.4 Å². The maximum atomic E-state index is 13.2. The topological polar surface area (TPSA) is 93.8 Å². The fourth-order valence-electron chi connectivity index (χ4n) is 3.47. The molecule has 0 atom stereocenters. The Bertz CT molecular complexity index is 1530. The molecule has 0 fully saturated rings. The summed E-state index contributed by atoms with van der Waals surface area (Å²) in [6.07, 6.45) is 1.55. The lowest BCUT2D eigenvalue weighted by Gasteiger charge is -2.13. The molecule has 0 bridgehead atoms. The van der Waals surface area contributed by atoms with Crippen molar-refractivity contribution in [2.75, 3.05) is 0 Å². The normalized spacial score (nSPS) is 11.5. The minimum Gasteiger partial charge on any atom is -0.486 e. The van der Waals surface area contributed by atoms with Crippen LogP contribution < -0.4 is 10.3 Å². The summed E-state index contributed by atoms with van der Waals surface area (Å²) in [5.41, 5.74) is 2.00. The quantitative estimate of drug-likeness (QED) is 0.225. The summed E-state index contributed by atoms with van der Waals surface area (Å²) in [5.74, 6) is -0.0299. The lowest BCUT2D eigenvalue weighted by atomic mass is 10.1. The summed E-state index contributed by atoms with van der Waals surface area (Å²) in [5, 5.41) is 14.3. The number of benzene rings is 3. The molecule has 10 heteroatoms. The van der Waals surface area contributed by atoms with Crippen LogP contribution in [-0.2, 0) is 6.61 Å². The molecule has 1 heterocycles. The Morgan fingerprint density at radius 2 is 1.89 bits per heavy atom. The smallest absolute Gasteiger partial charge is 0.335 e. The third kappa shape index (κ3) is 5.69. The molecular weight excluding hydrogens is 614 g/mol. The minimum absolute atomic E-state index is 0.0291. The van der Waals surface area contributed by atoms with Crippen LogP contribution in [0.2, 0.25) is 5.02 Å². The predicted octanol–water partition coefficient (Wildman–Crippen LogP) is 6.86. The van der Waals surface area contributed by atoms with Crippen molar-refractivity contribution in [1.82, 2.24) is 9.66 Å². The van der Waals surface area contributed by atoms with Crippen LogP contribution >= 0.6 is 43.5 Å². The van der Waals surface area contributed by atoms with Crippen molar-refractivity contribution in [3.8, 4) is 5.75 Å². The molecule has 0 saturated carbocycles. The highest BCUT2D eigenvalue weighted by Crippen LogP contribution is 2.35. The highest BCUT2D eigenvalue weighted by molar-refractivity contribution is 9.10. The number of rotatable bonds is 7. The Hall–Kier alpha value is -3.01. The van der Waals surface area contributed by atoms with E-state index < -0.39 is 5.97 Å². The average molecular weight is 634 g/mol. The van der Waals surface area contributed by atoms with Gasteiger partial charge in [0.2, 0.25) is 0 Å². The number of carboxylic acid groups (broad SMARTS) is 1. The van der Waals surface area contributed by atoms with Crippen molar-refractivity contribution in [2.24, 2.45) is 5.10 Å². The molecule has 0 spiro atoms. The second kappa shape index (κ2) is 10.9. The number of halogens is 3. The molecule has 0 saturated heterocycles. The molecule has 0 aliphatic heterocycles. The molecule has 0 aliphatic carbocycles. The van der Waals surface area contributed by atoms with Crippen LogP contribution in [-0.4, -0.2) is 27.0 Å². The molecule has 1 aromatic heterocycles. The highest BCUT2D eigenvalue weighted by atomic mass is 79.9. The highest BCUT2D eigenvalue weighted by Gasteiger charge is 2.14. The first-order valence-electron chi connectivity index (χ1n) is 10.8. The van der Waals surface area contributed by atoms with Crippen LogP contribution in [0.15, 0.2) is 73.4 Å². The number of aromatic nitrogens is 2. The van der Waals surface area contributed by atoms with Gasteiger partial charge in [0.05, 0.1) is 32.2 Å². The zero-order valence-electron chi connectivity index (χ0n) is 19.2. The number of aromatic carboxylic acids is 1. The van der Waals surface area contributed by atoms with E-state index in [0.717, 1.165) is 10.0 Å². The number of ether oxygens (including phenoxy) is 1. The van der Waals surface area contributed by atoms with Crippen molar-refractivity contribution in [3.05, 3.63) is 101 Å². The fourth-order valence-corrected chi connectivity index (χ4v) is 4.82. The van der Waals surface area contributed by atoms with E-state index in [1.165, 1.54) is 16.8 Å². The van der Waals surface area contributed by atoms with Gasteiger partial charge in [-0.3, -0.25) is 4.79 Å². The van der Waals surface area contributed by atoms with Gasteiger partial charge in [-0.25, -0.2) is 9.78 Å². The van der Waals surface area contributed by atoms with Crippen LogP contribution in [0.3, 0.4) is 0 Å². The standard InChI is InChI=1S/C26H20Br2ClN3O4/c1-14(2)24-31-22-8-7-18(27)11-19(22)25(33)32(24)30-12-16-9-20(28)23(21(29)10-16)36-13-15-3-5-17(6-4-15)26(34)35/h3-12,14H,13H2,1-2H3,(H,34,35). The second-order valence-corrected chi connectivity index (χ2v) is 10.4. The zero-order chi connectivity index (χ0) is 26.0. The number of hydrogen-bond donors (Lipinski definition) is 1. The third-order valence-electron chi connectivity index (χ3n) is 5.28. The van der Waals surface area contributed by atoms with Crippen LogP contribution in [0.1, 0.15) is 47.1 Å². The average Bonchev–Trinajstić information content (AvgIpc) is 2.83. The number of fused-ring (bicyclic) bond motifs is 1. The summed E-state index contributed by atoms with van der Waals surface area (Å²) in [4.78, 5) is 28.8. The third-order valence-corrected chi connectivity index (χ3v) is 6.64. The first-order valence-corrected chi connectivity index (χ1v) is 12.8. The van der Waals surface area contributed by atoms with Gasteiger partial charge in [-0.05, 0) is 69.5 Å². The van der Waals surface area contributed by atoms with Crippen molar-refractivity contribution in [2.45, 2.75) is 26.4 Å². The molecule has 36 heavy (non-hydrogen) atoms. The van der Waals surface area contributed by atoms with Gasteiger partial charge in [0.1, 0.15) is 12.4 Å². The van der Waals surface area contributed by atoms with Gasteiger partial charge in [-0.1, -0.05) is 53.5 Å². The molecule has 0 unspecified atom stereocenters. The number of hydrogen-bond acceptors (Lipinski definition) is 5. The summed E-state index contributed by atoms with van der Waals surface area (Å²) >= 11 is 13.4.